The molecular weight excluding hydrogens is 336 g/mol. The number of hydrogen-bond donors (Lipinski definition) is 1. The van der Waals surface area contributed by atoms with Crippen LogP contribution < -0.4 is 10.9 Å². The molecule has 1 aromatic heterocycles. The van der Waals surface area contributed by atoms with Crippen molar-refractivity contribution < 1.29 is 14.3 Å². The molecule has 1 amide bonds. The van der Waals surface area contributed by atoms with E-state index in [0.717, 1.165) is 4.68 Å². The van der Waals surface area contributed by atoms with Crippen molar-refractivity contribution in [3.05, 3.63) is 64.4 Å². The Bertz CT molecular complexity index is 1030. The summed E-state index contributed by atoms with van der Waals surface area (Å²) < 4.78 is 5.66. The molecule has 1 heterocycles. The Kier molecular flexibility index (Phi) is 4.74. The van der Waals surface area contributed by atoms with Crippen molar-refractivity contribution in [2.75, 3.05) is 12.4 Å². The van der Waals surface area contributed by atoms with Crippen LogP contribution in [0.15, 0.2) is 53.3 Å². The summed E-state index contributed by atoms with van der Waals surface area (Å²) in [6.45, 7) is 1.56. The maximum atomic E-state index is 12.5. The van der Waals surface area contributed by atoms with Gasteiger partial charge >= 0.3 is 5.97 Å². The van der Waals surface area contributed by atoms with Crippen LogP contribution >= 0.6 is 0 Å². The molecule has 132 valence electrons. The predicted molar refractivity (Wildman–Crippen MR) is 94.9 cm³/mol. The topological polar surface area (TPSA) is 103 Å². The van der Waals surface area contributed by atoms with Crippen molar-refractivity contribution >= 4 is 28.5 Å². The fourth-order valence-corrected chi connectivity index (χ4v) is 2.42. The molecule has 0 bridgehead atoms. The number of anilines is 1. The second-order valence-corrected chi connectivity index (χ2v) is 5.59. The Hall–Kier alpha value is -3.55. The third kappa shape index (κ3) is 3.30. The average Bonchev–Trinajstić information content (AvgIpc) is 2.68. The molecule has 0 aliphatic rings. The van der Waals surface area contributed by atoms with Gasteiger partial charge in [0.25, 0.3) is 5.56 Å². The van der Waals surface area contributed by atoms with Crippen molar-refractivity contribution in [2.24, 2.45) is 0 Å². The van der Waals surface area contributed by atoms with Crippen LogP contribution in [0.2, 0.25) is 0 Å². The Morgan fingerprint density at radius 2 is 1.81 bits per heavy atom. The molecule has 0 saturated carbocycles. The molecule has 26 heavy (non-hydrogen) atoms. The van der Waals surface area contributed by atoms with Crippen molar-refractivity contribution in [2.45, 2.75) is 13.0 Å². The van der Waals surface area contributed by atoms with Gasteiger partial charge in [-0.2, -0.15) is 4.68 Å². The third-order valence-electron chi connectivity index (χ3n) is 3.91. The Morgan fingerprint density at radius 3 is 2.50 bits per heavy atom. The van der Waals surface area contributed by atoms with E-state index in [9.17, 15) is 14.4 Å². The quantitative estimate of drug-likeness (QED) is 0.718. The molecule has 0 fully saturated rings. The molecule has 0 saturated heterocycles. The van der Waals surface area contributed by atoms with Gasteiger partial charge in [0.05, 0.1) is 18.1 Å². The van der Waals surface area contributed by atoms with Gasteiger partial charge in [-0.05, 0) is 43.3 Å². The molecule has 3 rings (SSSR count). The fourth-order valence-electron chi connectivity index (χ4n) is 2.42. The second kappa shape index (κ2) is 7.14. The first-order chi connectivity index (χ1) is 12.5. The Balaban J connectivity index is 1.81. The minimum absolute atomic E-state index is 0.371. The summed E-state index contributed by atoms with van der Waals surface area (Å²) in [6, 6.07) is 12.2. The van der Waals surface area contributed by atoms with E-state index in [1.54, 1.807) is 43.3 Å². The first-order valence-electron chi connectivity index (χ1n) is 7.84. The minimum atomic E-state index is -0.861. The number of hydrogen-bond acceptors (Lipinski definition) is 6. The Morgan fingerprint density at radius 1 is 1.12 bits per heavy atom. The zero-order valence-electron chi connectivity index (χ0n) is 14.2. The van der Waals surface area contributed by atoms with Crippen molar-refractivity contribution in [1.29, 1.82) is 0 Å². The molecule has 0 spiro atoms. The molecule has 3 aromatic rings. The molecule has 1 N–H and O–H groups in total. The SMILES string of the molecule is COC(=O)c1ccc(NC(=O)[C@H](C)n2nnc3ccccc3c2=O)cc1. The number of amides is 1. The fraction of sp³-hybridized carbons (Fsp3) is 0.167. The van der Waals surface area contributed by atoms with E-state index in [0.29, 0.717) is 22.2 Å². The number of methoxy groups -OCH3 is 1. The molecule has 8 heteroatoms. The standard InChI is InChI=1S/C18H16N4O4/c1-11(22-17(24)14-5-3-4-6-15(14)20-21-22)16(23)19-13-9-7-12(8-10-13)18(25)26-2/h3-11H,1-2H3,(H,19,23)/t11-/m0/s1. The van der Waals surface area contributed by atoms with E-state index < -0.39 is 17.9 Å². The van der Waals surface area contributed by atoms with E-state index in [1.165, 1.54) is 19.2 Å². The van der Waals surface area contributed by atoms with Gasteiger partial charge in [0.2, 0.25) is 5.91 Å². The predicted octanol–water partition coefficient (Wildman–Crippen LogP) is 1.78. The summed E-state index contributed by atoms with van der Waals surface area (Å²) >= 11 is 0. The summed E-state index contributed by atoms with van der Waals surface area (Å²) in [5, 5.41) is 10.9. The van der Waals surface area contributed by atoms with E-state index in [2.05, 4.69) is 20.4 Å². The highest BCUT2D eigenvalue weighted by molar-refractivity contribution is 5.94. The number of carbonyl (C=O) groups is 2. The number of fused-ring (bicyclic) bond motifs is 1. The average molecular weight is 352 g/mol. The van der Waals surface area contributed by atoms with Gasteiger partial charge in [-0.3, -0.25) is 9.59 Å². The van der Waals surface area contributed by atoms with Crippen LogP contribution in [-0.2, 0) is 9.53 Å². The van der Waals surface area contributed by atoms with Gasteiger partial charge in [-0.15, -0.1) is 5.10 Å². The minimum Gasteiger partial charge on any atom is -0.465 e. The van der Waals surface area contributed by atoms with Crippen LogP contribution in [0.5, 0.6) is 0 Å². The number of benzene rings is 2. The summed E-state index contributed by atoms with van der Waals surface area (Å²) in [4.78, 5) is 36.4. The van der Waals surface area contributed by atoms with Crippen LogP contribution in [0, 0.1) is 0 Å². The van der Waals surface area contributed by atoms with Gasteiger partial charge in [-0.1, -0.05) is 17.3 Å². The van der Waals surface area contributed by atoms with Gasteiger partial charge in [0.1, 0.15) is 11.6 Å². The highest BCUT2D eigenvalue weighted by Crippen LogP contribution is 2.13. The van der Waals surface area contributed by atoms with Gasteiger partial charge in [-0.25, -0.2) is 4.79 Å². The monoisotopic (exact) mass is 352 g/mol. The highest BCUT2D eigenvalue weighted by Gasteiger charge is 2.19. The van der Waals surface area contributed by atoms with E-state index >= 15 is 0 Å². The molecule has 0 radical (unpaired) electrons. The lowest BCUT2D eigenvalue weighted by atomic mass is 10.2. The van der Waals surface area contributed by atoms with Crippen LogP contribution in [0.25, 0.3) is 10.9 Å². The highest BCUT2D eigenvalue weighted by atomic mass is 16.5. The first-order valence-corrected chi connectivity index (χ1v) is 7.84. The number of nitrogens with one attached hydrogen (secondary N) is 1. The lowest BCUT2D eigenvalue weighted by Crippen LogP contribution is -2.34. The maximum absolute atomic E-state index is 12.5. The largest absolute Gasteiger partial charge is 0.465 e. The van der Waals surface area contributed by atoms with Gasteiger partial charge < -0.3 is 10.1 Å². The van der Waals surface area contributed by atoms with Crippen molar-refractivity contribution in [3.8, 4) is 0 Å². The van der Waals surface area contributed by atoms with E-state index in [4.69, 9.17) is 0 Å². The molecule has 0 unspecified atom stereocenters. The summed E-state index contributed by atoms with van der Waals surface area (Å²) in [7, 11) is 1.29. The first kappa shape index (κ1) is 17.3. The van der Waals surface area contributed by atoms with Crippen LogP contribution in [0.3, 0.4) is 0 Å². The zero-order valence-corrected chi connectivity index (χ0v) is 14.2. The summed E-state index contributed by atoms with van der Waals surface area (Å²) in [5.74, 6) is -0.892. The molecule has 8 nitrogen and oxygen atoms in total. The number of nitrogens with zero attached hydrogens (tertiary/aromatic N) is 3. The van der Waals surface area contributed by atoms with E-state index in [1.807, 2.05) is 0 Å². The number of aromatic nitrogens is 3. The van der Waals surface area contributed by atoms with E-state index in [-0.39, 0.29) is 5.56 Å². The Labute approximate surface area is 148 Å². The van der Waals surface area contributed by atoms with Gasteiger partial charge in [0.15, 0.2) is 0 Å². The van der Waals surface area contributed by atoms with Crippen molar-refractivity contribution in [1.82, 2.24) is 15.0 Å². The van der Waals surface area contributed by atoms with Gasteiger partial charge in [0, 0.05) is 5.69 Å². The van der Waals surface area contributed by atoms with Crippen LogP contribution in [-0.4, -0.2) is 34.0 Å². The maximum Gasteiger partial charge on any atom is 0.337 e. The molecular formula is C18H16N4O4. The molecule has 0 aliphatic carbocycles. The normalized spacial score (nSPS) is 11.8. The molecule has 2 aromatic carbocycles. The number of ether oxygens (including phenoxy) is 1. The van der Waals surface area contributed by atoms with Crippen molar-refractivity contribution in [3.63, 3.8) is 0 Å². The summed E-state index contributed by atoms with van der Waals surface area (Å²) in [6.07, 6.45) is 0. The molecule has 1 atom stereocenters. The lowest BCUT2D eigenvalue weighted by Gasteiger charge is -2.14. The number of rotatable bonds is 4. The molecule has 0 aliphatic heterocycles. The van der Waals surface area contributed by atoms with Crippen LogP contribution in [0.1, 0.15) is 23.3 Å². The number of esters is 1. The number of carbonyl (C=O) groups excluding carboxylic acids is 2. The summed E-state index contributed by atoms with van der Waals surface area (Å²) in [5.41, 5.74) is 0.936. The smallest absolute Gasteiger partial charge is 0.337 e. The van der Waals surface area contributed by atoms with Crippen LogP contribution in [0.4, 0.5) is 5.69 Å². The third-order valence-corrected chi connectivity index (χ3v) is 3.91. The lowest BCUT2D eigenvalue weighted by molar-refractivity contribution is -0.119. The zero-order chi connectivity index (χ0) is 18.7. The second-order valence-electron chi connectivity index (χ2n) is 5.59.